The number of rotatable bonds is 4. The number of hydrogen-bond donors (Lipinski definition) is 1. The van der Waals surface area contributed by atoms with E-state index in [1.807, 2.05) is 12.1 Å². The van der Waals surface area contributed by atoms with Crippen molar-refractivity contribution in [3.63, 3.8) is 0 Å². The molecule has 1 aliphatic rings. The van der Waals surface area contributed by atoms with Crippen LogP contribution < -0.4 is 5.84 Å². The van der Waals surface area contributed by atoms with Crippen LogP contribution in [0.4, 0.5) is 0 Å². The minimum Gasteiger partial charge on any atom is -0.381 e. The fraction of sp³-hybridized carbons (Fsp3) is 0.294. The van der Waals surface area contributed by atoms with Gasteiger partial charge < -0.3 is 10.6 Å². The Bertz CT molecular complexity index is 733. The molecule has 1 saturated heterocycles. The molecular formula is C17H18ClN3O2. The smallest absolute Gasteiger partial charge is 0.158 e. The fourth-order valence-electron chi connectivity index (χ4n) is 2.69. The maximum atomic E-state index is 12.3. The number of nitrogens with zero attached hydrogens (tertiary/aromatic N) is 2. The molecule has 0 radical (unpaired) electrons. The summed E-state index contributed by atoms with van der Waals surface area (Å²) in [6, 6.07) is 5.56. The summed E-state index contributed by atoms with van der Waals surface area (Å²) in [6.07, 6.45) is 8.16. The molecule has 0 aliphatic carbocycles. The van der Waals surface area contributed by atoms with Crippen LogP contribution in [0.2, 0.25) is 5.02 Å². The zero-order valence-electron chi connectivity index (χ0n) is 12.6. The first-order valence-corrected chi connectivity index (χ1v) is 7.90. The highest BCUT2D eigenvalue weighted by molar-refractivity contribution is 6.32. The van der Waals surface area contributed by atoms with Gasteiger partial charge in [-0.1, -0.05) is 23.7 Å². The third-order valence-corrected chi connectivity index (χ3v) is 4.30. The lowest BCUT2D eigenvalue weighted by atomic mass is 9.94. The lowest BCUT2D eigenvalue weighted by Gasteiger charge is -2.19. The molecule has 0 bridgehead atoms. The van der Waals surface area contributed by atoms with Crippen LogP contribution >= 0.6 is 11.6 Å². The summed E-state index contributed by atoms with van der Waals surface area (Å²) in [4.78, 5) is 16.6. The van der Waals surface area contributed by atoms with E-state index in [0.717, 1.165) is 24.0 Å². The van der Waals surface area contributed by atoms with Crippen LogP contribution in [-0.4, -0.2) is 28.7 Å². The number of ketones is 1. The van der Waals surface area contributed by atoms with Gasteiger partial charge in [-0.05, 0) is 31.1 Å². The van der Waals surface area contributed by atoms with Gasteiger partial charge >= 0.3 is 0 Å². The molecule has 0 unspecified atom stereocenters. The molecule has 0 spiro atoms. The predicted molar refractivity (Wildman–Crippen MR) is 90.4 cm³/mol. The number of nitrogens with two attached hydrogens (primary N) is 1. The normalized spacial score (nSPS) is 16.0. The maximum Gasteiger partial charge on any atom is 0.158 e. The largest absolute Gasteiger partial charge is 0.381 e. The van der Waals surface area contributed by atoms with E-state index in [9.17, 15) is 4.79 Å². The average Bonchev–Trinajstić information content (AvgIpc) is 3.00. The van der Waals surface area contributed by atoms with Crippen molar-refractivity contribution >= 4 is 23.5 Å². The number of carbonyl (C=O) groups excluding carboxylic acids is 1. The molecule has 5 nitrogen and oxygen atoms in total. The Balaban J connectivity index is 1.87. The van der Waals surface area contributed by atoms with E-state index >= 15 is 0 Å². The van der Waals surface area contributed by atoms with E-state index in [2.05, 4.69) is 4.98 Å². The Hall–Kier alpha value is -2.11. The van der Waals surface area contributed by atoms with Gasteiger partial charge in [-0.25, -0.2) is 4.98 Å². The lowest BCUT2D eigenvalue weighted by molar-refractivity contribution is -0.120. The zero-order valence-corrected chi connectivity index (χ0v) is 13.4. The van der Waals surface area contributed by atoms with Gasteiger partial charge in [0.2, 0.25) is 0 Å². The molecule has 6 heteroatoms. The SMILES string of the molecule is Nn1cnc(-c2cccc(Cl)c2/C=C/C(=O)C2CCOCC2)c1. The number of imidazole rings is 1. The van der Waals surface area contributed by atoms with Crippen LogP contribution in [0.15, 0.2) is 36.8 Å². The third-order valence-electron chi connectivity index (χ3n) is 3.97. The van der Waals surface area contributed by atoms with Crippen molar-refractivity contribution in [3.05, 3.63) is 47.4 Å². The molecule has 3 rings (SSSR count). The monoisotopic (exact) mass is 331 g/mol. The van der Waals surface area contributed by atoms with Crippen LogP contribution in [0.1, 0.15) is 18.4 Å². The second-order valence-electron chi connectivity index (χ2n) is 5.53. The van der Waals surface area contributed by atoms with Gasteiger partial charge in [0, 0.05) is 35.3 Å². The van der Waals surface area contributed by atoms with Gasteiger partial charge in [0.15, 0.2) is 5.78 Å². The molecular weight excluding hydrogens is 314 g/mol. The molecule has 120 valence electrons. The molecule has 2 N–H and O–H groups in total. The number of aromatic nitrogens is 2. The van der Waals surface area contributed by atoms with Crippen molar-refractivity contribution in [3.8, 4) is 11.3 Å². The summed E-state index contributed by atoms with van der Waals surface area (Å²) in [5.74, 6) is 5.81. The average molecular weight is 332 g/mol. The quantitative estimate of drug-likeness (QED) is 0.690. The molecule has 1 aromatic carbocycles. The van der Waals surface area contributed by atoms with Crippen LogP contribution in [-0.2, 0) is 9.53 Å². The second kappa shape index (κ2) is 6.98. The molecule has 23 heavy (non-hydrogen) atoms. The zero-order chi connectivity index (χ0) is 16.2. The third kappa shape index (κ3) is 3.63. The molecule has 2 aromatic rings. The Morgan fingerprint density at radius 3 is 2.87 bits per heavy atom. The molecule has 2 heterocycles. The number of allylic oxidation sites excluding steroid dienone is 1. The topological polar surface area (TPSA) is 70.1 Å². The van der Waals surface area contributed by atoms with Gasteiger partial charge in [-0.15, -0.1) is 0 Å². The number of halogens is 1. The number of carbonyl (C=O) groups is 1. The first-order valence-electron chi connectivity index (χ1n) is 7.53. The first kappa shape index (κ1) is 15.8. The first-order chi connectivity index (χ1) is 11.1. The minimum atomic E-state index is 0.0363. The van der Waals surface area contributed by atoms with E-state index in [0.29, 0.717) is 23.9 Å². The van der Waals surface area contributed by atoms with Gasteiger partial charge in [0.05, 0.1) is 11.9 Å². The van der Waals surface area contributed by atoms with E-state index in [1.165, 1.54) is 11.0 Å². The summed E-state index contributed by atoms with van der Waals surface area (Å²) >= 11 is 6.31. The van der Waals surface area contributed by atoms with Crippen molar-refractivity contribution in [2.24, 2.45) is 5.92 Å². The van der Waals surface area contributed by atoms with Crippen LogP contribution in [0.5, 0.6) is 0 Å². The summed E-state index contributed by atoms with van der Waals surface area (Å²) < 4.78 is 6.68. The summed E-state index contributed by atoms with van der Waals surface area (Å²) in [7, 11) is 0. The Labute approximate surface area is 139 Å². The van der Waals surface area contributed by atoms with Crippen molar-refractivity contribution < 1.29 is 9.53 Å². The maximum absolute atomic E-state index is 12.3. The standard InChI is InChI=1S/C17H18ClN3O2/c18-15-3-1-2-14(16-10-21(19)11-20-16)13(15)4-5-17(22)12-6-8-23-9-7-12/h1-5,10-12H,6-9,19H2/b5-4+. The highest BCUT2D eigenvalue weighted by Crippen LogP contribution is 2.29. The van der Waals surface area contributed by atoms with Crippen LogP contribution in [0, 0.1) is 5.92 Å². The van der Waals surface area contributed by atoms with Crippen LogP contribution in [0.25, 0.3) is 17.3 Å². The predicted octanol–water partition coefficient (Wildman–Crippen LogP) is 2.93. The van der Waals surface area contributed by atoms with E-state index < -0.39 is 0 Å². The number of benzene rings is 1. The molecule has 0 amide bonds. The van der Waals surface area contributed by atoms with E-state index in [1.54, 1.807) is 24.4 Å². The molecule has 0 atom stereocenters. The van der Waals surface area contributed by atoms with Crippen LogP contribution in [0.3, 0.4) is 0 Å². The lowest BCUT2D eigenvalue weighted by Crippen LogP contribution is -2.21. The number of ether oxygens (including phenoxy) is 1. The van der Waals surface area contributed by atoms with E-state index in [-0.39, 0.29) is 11.7 Å². The van der Waals surface area contributed by atoms with Crippen molar-refractivity contribution in [1.82, 2.24) is 9.66 Å². The minimum absolute atomic E-state index is 0.0363. The van der Waals surface area contributed by atoms with Gasteiger partial charge in [0.1, 0.15) is 6.33 Å². The molecule has 1 fully saturated rings. The van der Waals surface area contributed by atoms with Gasteiger partial charge in [0.25, 0.3) is 0 Å². The highest BCUT2D eigenvalue weighted by Gasteiger charge is 2.19. The summed E-state index contributed by atoms with van der Waals surface area (Å²) in [6.45, 7) is 1.30. The Morgan fingerprint density at radius 2 is 2.17 bits per heavy atom. The Kier molecular flexibility index (Phi) is 4.79. The highest BCUT2D eigenvalue weighted by atomic mass is 35.5. The summed E-state index contributed by atoms with van der Waals surface area (Å²) in [5, 5.41) is 0.574. The van der Waals surface area contributed by atoms with Crippen molar-refractivity contribution in [2.75, 3.05) is 19.1 Å². The van der Waals surface area contributed by atoms with Crippen molar-refractivity contribution in [1.29, 1.82) is 0 Å². The summed E-state index contributed by atoms with van der Waals surface area (Å²) in [5.41, 5.74) is 2.33. The molecule has 0 saturated carbocycles. The van der Waals surface area contributed by atoms with Gasteiger partial charge in [-0.3, -0.25) is 9.47 Å². The molecule has 1 aromatic heterocycles. The van der Waals surface area contributed by atoms with E-state index in [4.69, 9.17) is 22.2 Å². The second-order valence-corrected chi connectivity index (χ2v) is 5.94. The molecule has 1 aliphatic heterocycles. The Morgan fingerprint density at radius 1 is 1.39 bits per heavy atom. The van der Waals surface area contributed by atoms with Crippen molar-refractivity contribution in [2.45, 2.75) is 12.8 Å². The van der Waals surface area contributed by atoms with Gasteiger partial charge in [-0.2, -0.15) is 0 Å². The fourth-order valence-corrected chi connectivity index (χ4v) is 2.93. The number of hydrogen-bond acceptors (Lipinski definition) is 4. The number of nitrogen functional groups attached to an aromatic ring is 1.